The zero-order chi connectivity index (χ0) is 13.6. The van der Waals surface area contributed by atoms with E-state index in [1.165, 1.54) is 0 Å². The number of anilines is 1. The number of hydrogen-bond acceptors (Lipinski definition) is 5. The van der Waals surface area contributed by atoms with Crippen LogP contribution in [-0.2, 0) is 14.6 Å². The van der Waals surface area contributed by atoms with Crippen LogP contribution >= 0.6 is 0 Å². The summed E-state index contributed by atoms with van der Waals surface area (Å²) in [5.74, 6) is -0.467. The van der Waals surface area contributed by atoms with Crippen LogP contribution in [0.15, 0.2) is 24.3 Å². The summed E-state index contributed by atoms with van der Waals surface area (Å²) >= 11 is 0. The molecule has 0 saturated heterocycles. The van der Waals surface area contributed by atoms with Crippen LogP contribution in [-0.4, -0.2) is 32.4 Å². The number of rotatable bonds is 7. The first-order chi connectivity index (χ1) is 8.39. The molecule has 1 aromatic rings. The molecule has 0 aliphatic rings. The van der Waals surface area contributed by atoms with Crippen LogP contribution < -0.4 is 16.2 Å². The Morgan fingerprint density at radius 1 is 1.17 bits per heavy atom. The Morgan fingerprint density at radius 3 is 2.33 bits per heavy atom. The Morgan fingerprint density at radius 2 is 1.78 bits per heavy atom. The van der Waals surface area contributed by atoms with E-state index in [1.807, 2.05) is 0 Å². The third kappa shape index (κ3) is 5.53. The lowest BCUT2D eigenvalue weighted by molar-refractivity contribution is -0.117. The van der Waals surface area contributed by atoms with Gasteiger partial charge in [0.25, 0.3) is 0 Å². The van der Waals surface area contributed by atoms with Gasteiger partial charge in [0.2, 0.25) is 5.91 Å². The van der Waals surface area contributed by atoms with Crippen molar-refractivity contribution in [3.63, 3.8) is 0 Å². The van der Waals surface area contributed by atoms with Gasteiger partial charge in [-0.05, 0) is 24.3 Å². The Labute approximate surface area is 106 Å². The zero-order valence-corrected chi connectivity index (χ0v) is 10.7. The quantitative estimate of drug-likeness (QED) is 0.675. The van der Waals surface area contributed by atoms with Gasteiger partial charge in [0.05, 0.1) is 11.5 Å². The number of carbonyl (C=O) groups excluding carboxylic acids is 1. The zero-order valence-electron chi connectivity index (χ0n) is 9.83. The maximum absolute atomic E-state index is 11.5. The van der Waals surface area contributed by atoms with Crippen LogP contribution in [0.1, 0.15) is 6.42 Å². The second kappa shape index (κ2) is 6.25. The highest BCUT2D eigenvalue weighted by atomic mass is 32.2. The predicted molar refractivity (Wildman–Crippen MR) is 68.8 cm³/mol. The smallest absolute Gasteiger partial charge is 0.218 e. The lowest BCUT2D eigenvalue weighted by atomic mass is 10.3. The van der Waals surface area contributed by atoms with Crippen LogP contribution in [0.3, 0.4) is 0 Å². The molecule has 0 aromatic heterocycles. The van der Waals surface area contributed by atoms with Crippen molar-refractivity contribution in [1.82, 2.24) is 0 Å². The first-order valence-electron chi connectivity index (χ1n) is 5.36. The van der Waals surface area contributed by atoms with E-state index in [4.69, 9.17) is 16.2 Å². The van der Waals surface area contributed by atoms with Gasteiger partial charge in [-0.1, -0.05) is 0 Å². The number of primary amides is 1. The maximum Gasteiger partial charge on any atom is 0.218 e. The summed E-state index contributed by atoms with van der Waals surface area (Å²) in [5.41, 5.74) is 11.0. The number of nitrogens with two attached hydrogens (primary N) is 2. The summed E-state index contributed by atoms with van der Waals surface area (Å²) in [5, 5.41) is 0. The van der Waals surface area contributed by atoms with Crippen molar-refractivity contribution in [1.29, 1.82) is 0 Å². The van der Waals surface area contributed by atoms with Gasteiger partial charge in [-0.15, -0.1) is 0 Å². The van der Waals surface area contributed by atoms with E-state index in [1.54, 1.807) is 24.3 Å². The van der Waals surface area contributed by atoms with Crippen molar-refractivity contribution < 1.29 is 17.9 Å². The summed E-state index contributed by atoms with van der Waals surface area (Å²) in [4.78, 5) is 10.5. The van der Waals surface area contributed by atoms with Gasteiger partial charge in [-0.25, -0.2) is 8.42 Å². The van der Waals surface area contributed by atoms with Crippen LogP contribution in [0.2, 0.25) is 0 Å². The second-order valence-corrected chi connectivity index (χ2v) is 6.09. The molecule has 0 radical (unpaired) electrons. The molecular weight excluding hydrogens is 256 g/mol. The Kier molecular flexibility index (Phi) is 4.96. The van der Waals surface area contributed by atoms with Crippen molar-refractivity contribution in [2.45, 2.75) is 6.42 Å². The molecule has 18 heavy (non-hydrogen) atoms. The van der Waals surface area contributed by atoms with Gasteiger partial charge in [-0.2, -0.15) is 0 Å². The summed E-state index contributed by atoms with van der Waals surface area (Å²) in [6, 6.07) is 6.64. The molecule has 6 nitrogen and oxygen atoms in total. The molecule has 1 aromatic carbocycles. The SMILES string of the molecule is NC(=O)CCS(=O)(=O)CCOc1ccc(N)cc1. The fraction of sp³-hybridized carbons (Fsp3) is 0.364. The summed E-state index contributed by atoms with van der Waals surface area (Å²) in [7, 11) is -3.31. The fourth-order valence-electron chi connectivity index (χ4n) is 1.21. The molecule has 0 aliphatic heterocycles. The van der Waals surface area contributed by atoms with E-state index in [0.717, 1.165) is 0 Å². The molecule has 0 saturated carbocycles. The average Bonchev–Trinajstić information content (AvgIpc) is 2.29. The van der Waals surface area contributed by atoms with Crippen molar-refractivity contribution in [2.75, 3.05) is 23.8 Å². The van der Waals surface area contributed by atoms with Crippen LogP contribution in [0, 0.1) is 0 Å². The summed E-state index contributed by atoms with van der Waals surface area (Å²) < 4.78 is 28.2. The number of amides is 1. The predicted octanol–water partition coefficient (Wildman–Crippen LogP) is -0.0622. The third-order valence-electron chi connectivity index (χ3n) is 2.20. The first kappa shape index (κ1) is 14.3. The Bertz CT molecular complexity index is 496. The van der Waals surface area contributed by atoms with Gasteiger partial charge in [-0.3, -0.25) is 4.79 Å². The Hall–Kier alpha value is -1.76. The summed E-state index contributed by atoms with van der Waals surface area (Å²) in [6.45, 7) is 0.0328. The standard InChI is InChI=1S/C11H16N2O4S/c12-9-1-3-10(4-2-9)17-6-8-18(15,16)7-5-11(13)14/h1-4H,5-8,12H2,(H2,13,14). The molecule has 0 unspecified atom stereocenters. The molecule has 0 aliphatic carbocycles. The summed E-state index contributed by atoms with van der Waals surface area (Å²) in [6.07, 6.45) is -0.162. The van der Waals surface area contributed by atoms with Gasteiger partial charge in [0, 0.05) is 12.1 Å². The van der Waals surface area contributed by atoms with E-state index in [0.29, 0.717) is 11.4 Å². The van der Waals surface area contributed by atoms with E-state index in [-0.39, 0.29) is 24.5 Å². The number of sulfone groups is 1. The minimum atomic E-state index is -3.31. The highest BCUT2D eigenvalue weighted by Crippen LogP contribution is 2.13. The van der Waals surface area contributed by atoms with Crippen LogP contribution in [0.4, 0.5) is 5.69 Å². The van der Waals surface area contributed by atoms with E-state index in [9.17, 15) is 13.2 Å². The molecule has 1 rings (SSSR count). The van der Waals surface area contributed by atoms with Gasteiger partial charge in [0.1, 0.15) is 12.4 Å². The van der Waals surface area contributed by atoms with Crippen molar-refractivity contribution >= 4 is 21.4 Å². The van der Waals surface area contributed by atoms with E-state index in [2.05, 4.69) is 0 Å². The monoisotopic (exact) mass is 272 g/mol. The van der Waals surface area contributed by atoms with Crippen LogP contribution in [0.25, 0.3) is 0 Å². The van der Waals surface area contributed by atoms with Crippen molar-refractivity contribution in [2.24, 2.45) is 5.73 Å². The molecule has 0 fully saturated rings. The lowest BCUT2D eigenvalue weighted by Gasteiger charge is -2.06. The van der Waals surface area contributed by atoms with Crippen molar-refractivity contribution in [3.05, 3.63) is 24.3 Å². The molecule has 0 atom stereocenters. The maximum atomic E-state index is 11.5. The first-order valence-corrected chi connectivity index (χ1v) is 7.18. The molecular formula is C11H16N2O4S. The molecule has 4 N–H and O–H groups in total. The highest BCUT2D eigenvalue weighted by molar-refractivity contribution is 7.91. The Balaban J connectivity index is 2.37. The average molecular weight is 272 g/mol. The number of carbonyl (C=O) groups is 1. The number of ether oxygens (including phenoxy) is 1. The molecule has 1 amide bonds. The van der Waals surface area contributed by atoms with E-state index < -0.39 is 15.7 Å². The highest BCUT2D eigenvalue weighted by Gasteiger charge is 2.12. The van der Waals surface area contributed by atoms with Crippen LogP contribution in [0.5, 0.6) is 5.75 Å². The molecule has 7 heteroatoms. The molecule has 0 spiro atoms. The minimum absolute atomic E-state index is 0.0328. The molecule has 0 heterocycles. The molecule has 100 valence electrons. The number of benzene rings is 1. The lowest BCUT2D eigenvalue weighted by Crippen LogP contribution is -2.21. The molecule has 0 bridgehead atoms. The topological polar surface area (TPSA) is 112 Å². The number of nitrogen functional groups attached to an aromatic ring is 1. The largest absolute Gasteiger partial charge is 0.493 e. The van der Waals surface area contributed by atoms with Gasteiger partial charge >= 0.3 is 0 Å². The fourth-order valence-corrected chi connectivity index (χ4v) is 2.26. The van der Waals surface area contributed by atoms with Crippen molar-refractivity contribution in [3.8, 4) is 5.75 Å². The third-order valence-corrected chi connectivity index (χ3v) is 3.82. The van der Waals surface area contributed by atoms with Gasteiger partial charge in [0.15, 0.2) is 9.84 Å². The van der Waals surface area contributed by atoms with E-state index >= 15 is 0 Å². The van der Waals surface area contributed by atoms with Gasteiger partial charge < -0.3 is 16.2 Å². The second-order valence-electron chi connectivity index (χ2n) is 3.79. The minimum Gasteiger partial charge on any atom is -0.493 e. The normalized spacial score (nSPS) is 11.1. The number of hydrogen-bond donors (Lipinski definition) is 2.